The van der Waals surface area contributed by atoms with Crippen LogP contribution in [-0.2, 0) is 17.4 Å². The van der Waals surface area contributed by atoms with Crippen molar-refractivity contribution >= 4 is 18.6 Å². The van der Waals surface area contributed by atoms with Crippen molar-refractivity contribution in [2.75, 3.05) is 5.75 Å². The second kappa shape index (κ2) is 22.7. The average molecular weight is 178 g/mol. The minimum atomic E-state index is -1.08. The third-order valence-corrected chi connectivity index (χ3v) is 0. The molecule has 0 aromatic rings. The molecule has 5 heteroatoms. The molecule has 0 aliphatic heterocycles. The van der Waals surface area contributed by atoms with E-state index in [1.54, 1.807) is 0 Å². The van der Waals surface area contributed by atoms with Crippen molar-refractivity contribution in [2.45, 2.75) is 13.8 Å². The molecule has 0 aromatic carbocycles. The second-order valence-corrected chi connectivity index (χ2v) is 1.55. The summed E-state index contributed by atoms with van der Waals surface area (Å²) in [4.78, 5) is 8.89. The zero-order valence-corrected chi connectivity index (χ0v) is 10.1. The predicted octanol–water partition coefficient (Wildman–Crippen LogP) is -4.40. The van der Waals surface area contributed by atoms with Gasteiger partial charge in [-0.2, -0.15) is 0 Å². The van der Waals surface area contributed by atoms with Gasteiger partial charge in [-0.1, -0.05) is 0 Å². The van der Waals surface area contributed by atoms with Crippen LogP contribution in [0.2, 0.25) is 0 Å². The van der Waals surface area contributed by atoms with E-state index in [0.29, 0.717) is 0 Å². The molecule has 0 saturated heterocycles. The van der Waals surface area contributed by atoms with E-state index in [0.717, 1.165) is 12.7 Å². The molecule has 0 spiro atoms. The van der Waals surface area contributed by atoms with Crippen molar-refractivity contribution in [2.24, 2.45) is 0 Å². The van der Waals surface area contributed by atoms with Gasteiger partial charge in [0.2, 0.25) is 0 Å². The maximum absolute atomic E-state index is 8.89. The number of carbonyl (C=O) groups is 1. The molecular formula is C4H11KO3S. The summed E-state index contributed by atoms with van der Waals surface area (Å²) < 4.78 is 0. The minimum Gasteiger partial charge on any atom is -0.870 e. The summed E-state index contributed by atoms with van der Waals surface area (Å²) in [5.41, 5.74) is 0. The smallest absolute Gasteiger partial charge is 0.870 e. The van der Waals surface area contributed by atoms with Crippen LogP contribution in [0.25, 0.3) is 0 Å². The van der Waals surface area contributed by atoms with Crippen molar-refractivity contribution in [1.82, 2.24) is 0 Å². The largest absolute Gasteiger partial charge is 1.00 e. The Hall–Kier alpha value is 1.42. The molecule has 0 saturated carbocycles. The Morgan fingerprint density at radius 3 is 1.67 bits per heavy atom. The van der Waals surface area contributed by atoms with Crippen LogP contribution in [0.1, 0.15) is 13.8 Å². The molecule has 0 aliphatic carbocycles. The van der Waals surface area contributed by atoms with Crippen LogP contribution in [-0.4, -0.2) is 17.2 Å². The van der Waals surface area contributed by atoms with Gasteiger partial charge in [0.1, 0.15) is 5.75 Å². The fraction of sp³-hybridized carbons (Fsp3) is 0.750. The molecule has 0 amide bonds. The molecular weight excluding hydrogens is 167 g/mol. The summed E-state index contributed by atoms with van der Waals surface area (Å²) in [5, 5.41) is 8.89. The van der Waals surface area contributed by atoms with Crippen molar-refractivity contribution in [1.29, 1.82) is 0 Å². The number of hydrogen-bond donors (Lipinski definition) is 0. The van der Waals surface area contributed by atoms with Gasteiger partial charge < -0.3 is 15.4 Å². The fourth-order valence-electron chi connectivity index (χ4n) is 0. The average Bonchev–Trinajstić information content (AvgIpc) is 1.33. The molecule has 0 atom stereocenters. The van der Waals surface area contributed by atoms with E-state index in [9.17, 15) is 0 Å². The van der Waals surface area contributed by atoms with Gasteiger partial charge in [0, 0.05) is 5.97 Å². The van der Waals surface area contributed by atoms with E-state index in [1.165, 1.54) is 0 Å². The van der Waals surface area contributed by atoms with Crippen LogP contribution in [0, 0.1) is 0 Å². The SMILES string of the molecule is CC(=O)[O-].CC[SH2+].[K+].[OH-]. The first-order chi connectivity index (χ1) is 3.15. The summed E-state index contributed by atoms with van der Waals surface area (Å²) in [7, 11) is 0. The van der Waals surface area contributed by atoms with Gasteiger partial charge in [-0.25, -0.2) is 0 Å². The van der Waals surface area contributed by atoms with Gasteiger partial charge in [0.25, 0.3) is 0 Å². The van der Waals surface area contributed by atoms with Crippen LogP contribution in [0.15, 0.2) is 0 Å². The number of carboxylic acid groups (broad SMARTS) is 1. The maximum atomic E-state index is 8.89. The number of carboxylic acids is 1. The zero-order chi connectivity index (χ0) is 6.28. The molecule has 0 aliphatic rings. The molecule has 1 N–H and O–H groups in total. The van der Waals surface area contributed by atoms with Gasteiger partial charge >= 0.3 is 51.4 Å². The maximum Gasteiger partial charge on any atom is 1.00 e. The van der Waals surface area contributed by atoms with Gasteiger partial charge in [-0.15, -0.1) is 0 Å². The van der Waals surface area contributed by atoms with E-state index in [1.807, 2.05) is 6.92 Å². The minimum absolute atomic E-state index is 0. The summed E-state index contributed by atoms with van der Waals surface area (Å²) >= 11 is 3.18. The van der Waals surface area contributed by atoms with Gasteiger partial charge in [0.05, 0.1) is 0 Å². The molecule has 0 unspecified atom stereocenters. The number of aliphatic carboxylic acids is 1. The van der Waals surface area contributed by atoms with E-state index in [-0.39, 0.29) is 56.9 Å². The Morgan fingerprint density at radius 1 is 1.67 bits per heavy atom. The topological polar surface area (TPSA) is 70.1 Å². The Bertz CT molecular complexity index is 47.1. The third-order valence-electron chi connectivity index (χ3n) is 0. The van der Waals surface area contributed by atoms with Crippen LogP contribution in [0.4, 0.5) is 0 Å². The molecule has 0 heterocycles. The van der Waals surface area contributed by atoms with Gasteiger partial charge in [-0.05, 0) is 26.5 Å². The predicted molar refractivity (Wildman–Crippen MR) is 33.3 cm³/mol. The first-order valence-corrected chi connectivity index (χ1v) is 2.68. The molecule has 3 nitrogen and oxygen atoms in total. The Labute approximate surface area is 103 Å². The fourth-order valence-corrected chi connectivity index (χ4v) is 0. The molecule has 0 radical (unpaired) electrons. The van der Waals surface area contributed by atoms with Gasteiger partial charge in [-0.3, -0.25) is 0 Å². The summed E-state index contributed by atoms with van der Waals surface area (Å²) in [6.45, 7) is 3.01. The normalized spacial score (nSPS) is 4.78. The van der Waals surface area contributed by atoms with Crippen LogP contribution in [0.5, 0.6) is 0 Å². The molecule has 0 aromatic heterocycles. The van der Waals surface area contributed by atoms with Crippen molar-refractivity contribution in [3.8, 4) is 0 Å². The van der Waals surface area contributed by atoms with E-state index in [4.69, 9.17) is 9.90 Å². The van der Waals surface area contributed by atoms with Crippen LogP contribution < -0.4 is 56.5 Å². The monoisotopic (exact) mass is 178 g/mol. The van der Waals surface area contributed by atoms with E-state index in [2.05, 4.69) is 12.6 Å². The summed E-state index contributed by atoms with van der Waals surface area (Å²) in [6.07, 6.45) is 0. The van der Waals surface area contributed by atoms with E-state index >= 15 is 0 Å². The molecule has 0 bridgehead atoms. The molecule has 9 heavy (non-hydrogen) atoms. The summed E-state index contributed by atoms with van der Waals surface area (Å²) in [6, 6.07) is 0. The third kappa shape index (κ3) is 258. The Morgan fingerprint density at radius 2 is 1.67 bits per heavy atom. The Balaban J connectivity index is -0.0000000233. The van der Waals surface area contributed by atoms with Crippen LogP contribution in [0.3, 0.4) is 0 Å². The number of carbonyl (C=O) groups excluding carboxylic acids is 1. The quantitative estimate of drug-likeness (QED) is 0.278. The molecule has 0 rings (SSSR count). The van der Waals surface area contributed by atoms with Crippen molar-refractivity contribution in [3.05, 3.63) is 0 Å². The molecule has 52 valence electrons. The molecule has 0 fully saturated rings. The van der Waals surface area contributed by atoms with Gasteiger partial charge in [0.15, 0.2) is 0 Å². The number of hydrogen-bond acceptors (Lipinski definition) is 3. The number of rotatable bonds is 0. The van der Waals surface area contributed by atoms with Crippen molar-refractivity contribution in [3.63, 3.8) is 0 Å². The Kier molecular flexibility index (Phi) is 56.7. The van der Waals surface area contributed by atoms with E-state index < -0.39 is 5.97 Å². The van der Waals surface area contributed by atoms with Crippen molar-refractivity contribution < 1.29 is 66.8 Å². The summed E-state index contributed by atoms with van der Waals surface area (Å²) in [5.74, 6) is -0.0278. The second-order valence-electron chi connectivity index (χ2n) is 0.845. The zero-order valence-electron chi connectivity index (χ0n) is 5.97. The first-order valence-electron chi connectivity index (χ1n) is 1.97. The van der Waals surface area contributed by atoms with Crippen LogP contribution >= 0.6 is 0 Å². The first kappa shape index (κ1) is 22.4. The standard InChI is InChI=1S/C2H4O2.C2H6S.K.H2O/c1-2(3)4;1-2-3;;/h1H3,(H,3,4);3H,2H2,1H3;;1H2/q;;+1;/p-1.